The number of aromatic nitrogens is 1. The lowest BCUT2D eigenvalue weighted by atomic mass is 10.3. The fourth-order valence-corrected chi connectivity index (χ4v) is 1.99. The zero-order chi connectivity index (χ0) is 16.2. The summed E-state index contributed by atoms with van der Waals surface area (Å²) in [5.41, 5.74) is 1.58. The molecule has 1 heterocycles. The maximum absolute atomic E-state index is 11.8. The van der Waals surface area contributed by atoms with Gasteiger partial charge < -0.3 is 9.73 Å². The quantitative estimate of drug-likeness (QED) is 0.452. The largest absolute Gasteiger partial charge is 0.437 e. The Morgan fingerprint density at radius 3 is 2.83 bits per heavy atom. The van der Waals surface area contributed by atoms with Crippen LogP contribution in [0.25, 0.3) is 17.2 Å². The minimum absolute atomic E-state index is 0.0919. The van der Waals surface area contributed by atoms with Gasteiger partial charge in [-0.05, 0) is 18.2 Å². The first-order chi connectivity index (χ1) is 11.1. The zero-order valence-corrected chi connectivity index (χ0v) is 11.8. The number of oxazole rings is 1. The highest BCUT2D eigenvalue weighted by Gasteiger charge is 2.07. The Bertz CT molecular complexity index is 881. The summed E-state index contributed by atoms with van der Waals surface area (Å²) in [7, 11) is 0. The van der Waals surface area contributed by atoms with Crippen LogP contribution < -0.4 is 5.32 Å². The van der Waals surface area contributed by atoms with Crippen LogP contribution in [0.4, 0.5) is 11.4 Å². The van der Waals surface area contributed by atoms with Gasteiger partial charge in [0.25, 0.3) is 5.69 Å². The third-order valence-corrected chi connectivity index (χ3v) is 3.01. The van der Waals surface area contributed by atoms with Gasteiger partial charge in [-0.1, -0.05) is 18.2 Å². The molecule has 1 aromatic heterocycles. The lowest BCUT2D eigenvalue weighted by molar-refractivity contribution is -0.384. The van der Waals surface area contributed by atoms with Crippen molar-refractivity contribution in [3.8, 4) is 0 Å². The van der Waals surface area contributed by atoms with E-state index in [4.69, 9.17) is 4.42 Å². The van der Waals surface area contributed by atoms with Gasteiger partial charge in [0.1, 0.15) is 5.52 Å². The predicted molar refractivity (Wildman–Crippen MR) is 84.8 cm³/mol. The molecule has 1 N–H and O–H groups in total. The van der Waals surface area contributed by atoms with E-state index in [1.54, 1.807) is 18.2 Å². The molecule has 0 saturated heterocycles. The molecule has 0 radical (unpaired) electrons. The van der Waals surface area contributed by atoms with Crippen molar-refractivity contribution in [3.05, 3.63) is 70.6 Å². The Balaban J connectivity index is 1.71. The number of nitrogens with one attached hydrogen (secondary N) is 1. The van der Waals surface area contributed by atoms with Crippen LogP contribution in [-0.4, -0.2) is 15.8 Å². The highest BCUT2D eigenvalue weighted by Crippen LogP contribution is 2.18. The van der Waals surface area contributed by atoms with Gasteiger partial charge in [0.15, 0.2) is 5.58 Å². The van der Waals surface area contributed by atoms with Gasteiger partial charge in [-0.2, -0.15) is 0 Å². The normalized spacial score (nSPS) is 11.0. The molecule has 0 atom stereocenters. The van der Waals surface area contributed by atoms with Gasteiger partial charge in [-0.15, -0.1) is 0 Å². The van der Waals surface area contributed by atoms with E-state index in [0.29, 0.717) is 22.7 Å². The number of hydrogen-bond donors (Lipinski definition) is 1. The van der Waals surface area contributed by atoms with Gasteiger partial charge in [0.2, 0.25) is 11.8 Å². The number of anilines is 1. The average molecular weight is 309 g/mol. The van der Waals surface area contributed by atoms with Crippen molar-refractivity contribution in [3.63, 3.8) is 0 Å². The van der Waals surface area contributed by atoms with E-state index in [2.05, 4.69) is 10.3 Å². The number of non-ortho nitro benzene ring substituents is 1. The Labute approximate surface area is 130 Å². The topological polar surface area (TPSA) is 98.3 Å². The number of nitro groups is 1. The third kappa shape index (κ3) is 3.41. The summed E-state index contributed by atoms with van der Waals surface area (Å²) < 4.78 is 5.45. The number of amides is 1. The van der Waals surface area contributed by atoms with Gasteiger partial charge in [-0.3, -0.25) is 14.9 Å². The van der Waals surface area contributed by atoms with E-state index in [1.807, 2.05) is 12.1 Å². The minimum atomic E-state index is -0.524. The highest BCUT2D eigenvalue weighted by atomic mass is 16.6. The molecule has 7 heteroatoms. The predicted octanol–water partition coefficient (Wildman–Crippen LogP) is 3.39. The molecule has 0 bridgehead atoms. The van der Waals surface area contributed by atoms with Crippen molar-refractivity contribution in [2.24, 2.45) is 0 Å². The molecule has 3 rings (SSSR count). The van der Waals surface area contributed by atoms with E-state index in [9.17, 15) is 14.9 Å². The van der Waals surface area contributed by atoms with Crippen molar-refractivity contribution >= 4 is 34.5 Å². The number of benzene rings is 2. The molecule has 0 aliphatic carbocycles. The number of nitro benzene ring substituents is 1. The van der Waals surface area contributed by atoms with Crippen LogP contribution in [0.15, 0.2) is 59.0 Å². The average Bonchev–Trinajstić information content (AvgIpc) is 2.96. The smallest absolute Gasteiger partial charge is 0.271 e. The summed E-state index contributed by atoms with van der Waals surface area (Å²) in [5, 5.41) is 13.2. The van der Waals surface area contributed by atoms with Crippen LogP contribution in [0, 0.1) is 10.1 Å². The summed E-state index contributed by atoms with van der Waals surface area (Å²) >= 11 is 0. The van der Waals surface area contributed by atoms with E-state index in [1.165, 1.54) is 30.4 Å². The number of carbonyl (C=O) groups is 1. The van der Waals surface area contributed by atoms with E-state index in [-0.39, 0.29) is 5.69 Å². The third-order valence-electron chi connectivity index (χ3n) is 3.01. The summed E-state index contributed by atoms with van der Waals surface area (Å²) in [6.45, 7) is 0. The summed E-state index contributed by atoms with van der Waals surface area (Å²) in [4.78, 5) is 26.2. The molecule has 3 aromatic rings. The van der Waals surface area contributed by atoms with Crippen LogP contribution in [0.2, 0.25) is 0 Å². The van der Waals surface area contributed by atoms with Crippen molar-refractivity contribution in [2.75, 3.05) is 5.32 Å². The Morgan fingerprint density at radius 1 is 1.22 bits per heavy atom. The summed E-state index contributed by atoms with van der Waals surface area (Å²) in [5.74, 6) is -0.131. The van der Waals surface area contributed by atoms with Gasteiger partial charge >= 0.3 is 0 Å². The second-order valence-electron chi connectivity index (χ2n) is 4.65. The number of rotatable bonds is 4. The van der Waals surface area contributed by atoms with Crippen LogP contribution >= 0.6 is 0 Å². The molecule has 0 saturated carbocycles. The molecular weight excluding hydrogens is 298 g/mol. The fourth-order valence-electron chi connectivity index (χ4n) is 1.99. The molecule has 0 unspecified atom stereocenters. The van der Waals surface area contributed by atoms with Crippen LogP contribution in [0.3, 0.4) is 0 Å². The second kappa shape index (κ2) is 6.10. The lowest BCUT2D eigenvalue weighted by Crippen LogP contribution is -2.07. The van der Waals surface area contributed by atoms with E-state index in [0.717, 1.165) is 0 Å². The van der Waals surface area contributed by atoms with Crippen LogP contribution in [-0.2, 0) is 4.79 Å². The maximum atomic E-state index is 11.8. The van der Waals surface area contributed by atoms with E-state index >= 15 is 0 Å². The maximum Gasteiger partial charge on any atom is 0.271 e. The first-order valence-corrected chi connectivity index (χ1v) is 6.71. The molecule has 0 spiro atoms. The SMILES string of the molecule is O=C(/C=C/c1nc2ccccc2o1)Nc1cccc([N+](=O)[O-])c1. The van der Waals surface area contributed by atoms with Crippen molar-refractivity contribution < 1.29 is 14.1 Å². The van der Waals surface area contributed by atoms with Crippen LogP contribution in [0.5, 0.6) is 0 Å². The summed E-state index contributed by atoms with van der Waals surface area (Å²) in [6, 6.07) is 13.0. The highest BCUT2D eigenvalue weighted by molar-refractivity contribution is 6.01. The number of fused-ring (bicyclic) bond motifs is 1. The first-order valence-electron chi connectivity index (χ1n) is 6.71. The second-order valence-corrected chi connectivity index (χ2v) is 4.65. The molecule has 2 aromatic carbocycles. The minimum Gasteiger partial charge on any atom is -0.437 e. The van der Waals surface area contributed by atoms with Crippen LogP contribution in [0.1, 0.15) is 5.89 Å². The van der Waals surface area contributed by atoms with Crippen molar-refractivity contribution in [2.45, 2.75) is 0 Å². The molecular formula is C16H11N3O4. The summed E-state index contributed by atoms with van der Waals surface area (Å²) in [6.07, 6.45) is 2.69. The monoisotopic (exact) mass is 309 g/mol. The fraction of sp³-hybridized carbons (Fsp3) is 0. The van der Waals surface area contributed by atoms with E-state index < -0.39 is 10.8 Å². The number of nitrogens with zero attached hydrogens (tertiary/aromatic N) is 2. The Hall–Kier alpha value is -3.48. The molecule has 0 fully saturated rings. The molecule has 23 heavy (non-hydrogen) atoms. The van der Waals surface area contributed by atoms with Crippen molar-refractivity contribution in [1.82, 2.24) is 4.98 Å². The van der Waals surface area contributed by atoms with Gasteiger partial charge in [0, 0.05) is 30.0 Å². The molecule has 7 nitrogen and oxygen atoms in total. The molecule has 0 aliphatic rings. The standard InChI is InChI=1S/C16H11N3O4/c20-15(17-11-4-3-5-12(10-11)19(21)22)8-9-16-18-13-6-1-2-7-14(13)23-16/h1-10H,(H,17,20)/b9-8+. The lowest BCUT2D eigenvalue weighted by Gasteiger charge is -2.01. The zero-order valence-electron chi connectivity index (χ0n) is 11.8. The van der Waals surface area contributed by atoms with Gasteiger partial charge in [0.05, 0.1) is 4.92 Å². The van der Waals surface area contributed by atoms with Gasteiger partial charge in [-0.25, -0.2) is 4.98 Å². The molecule has 114 valence electrons. The Kier molecular flexibility index (Phi) is 3.84. The first kappa shape index (κ1) is 14.5. The molecule has 1 amide bonds. The number of para-hydroxylation sites is 2. The Morgan fingerprint density at radius 2 is 2.04 bits per heavy atom. The van der Waals surface area contributed by atoms with Crippen molar-refractivity contribution in [1.29, 1.82) is 0 Å². The number of carbonyl (C=O) groups excluding carboxylic acids is 1. The number of hydrogen-bond acceptors (Lipinski definition) is 5. The molecule has 0 aliphatic heterocycles.